The molecule has 0 radical (unpaired) electrons. The maximum absolute atomic E-state index is 12.4. The first kappa shape index (κ1) is 21.5. The van der Waals surface area contributed by atoms with Crippen LogP contribution in [0.5, 0.6) is 0 Å². The molecule has 0 aliphatic rings. The normalized spacial score (nSPS) is 10.2. The van der Waals surface area contributed by atoms with Crippen molar-refractivity contribution in [1.82, 2.24) is 4.90 Å². The highest BCUT2D eigenvalue weighted by atomic mass is 32.2. The highest BCUT2D eigenvalue weighted by Gasteiger charge is 2.16. The first-order valence-electron chi connectivity index (χ1n) is 8.89. The zero-order valence-electron chi connectivity index (χ0n) is 16.2. The lowest BCUT2D eigenvalue weighted by Gasteiger charge is -2.12. The second-order valence-electron chi connectivity index (χ2n) is 6.21. The van der Waals surface area contributed by atoms with E-state index in [4.69, 9.17) is 4.74 Å². The number of para-hydroxylation sites is 1. The molecular weight excluding hydrogens is 376 g/mol. The molecule has 2 amide bonds. The summed E-state index contributed by atoms with van der Waals surface area (Å²) < 4.78 is 5.17. The number of anilines is 1. The minimum atomic E-state index is -0.598. The van der Waals surface area contributed by atoms with Crippen molar-refractivity contribution in [2.45, 2.75) is 18.2 Å². The zero-order valence-corrected chi connectivity index (χ0v) is 17.0. The van der Waals surface area contributed by atoms with E-state index in [2.05, 4.69) is 5.32 Å². The van der Waals surface area contributed by atoms with Gasteiger partial charge in [-0.15, -0.1) is 11.8 Å². The van der Waals surface area contributed by atoms with Crippen molar-refractivity contribution < 1.29 is 19.1 Å². The van der Waals surface area contributed by atoms with Gasteiger partial charge in [0.05, 0.1) is 11.3 Å². The van der Waals surface area contributed by atoms with Crippen LogP contribution in [0.15, 0.2) is 53.4 Å². The van der Waals surface area contributed by atoms with Crippen molar-refractivity contribution in [3.05, 3.63) is 59.7 Å². The summed E-state index contributed by atoms with van der Waals surface area (Å²) in [7, 11) is 3.36. The molecule has 7 heteroatoms. The fourth-order valence-electron chi connectivity index (χ4n) is 2.38. The number of nitrogens with zero attached hydrogens (tertiary/aromatic N) is 1. The van der Waals surface area contributed by atoms with Crippen LogP contribution in [-0.4, -0.2) is 49.1 Å². The number of nitrogens with one attached hydrogen (secondary N) is 1. The van der Waals surface area contributed by atoms with E-state index in [0.717, 1.165) is 12.0 Å². The van der Waals surface area contributed by atoms with Gasteiger partial charge in [-0.05, 0) is 30.2 Å². The number of carbonyl (C=O) groups is 3. The second kappa shape index (κ2) is 10.5. The molecule has 0 unspecified atom stereocenters. The van der Waals surface area contributed by atoms with E-state index in [9.17, 15) is 14.4 Å². The largest absolute Gasteiger partial charge is 0.452 e. The Morgan fingerprint density at radius 2 is 1.71 bits per heavy atom. The van der Waals surface area contributed by atoms with Crippen LogP contribution in [0.4, 0.5) is 5.69 Å². The van der Waals surface area contributed by atoms with Crippen LogP contribution in [0.2, 0.25) is 0 Å². The van der Waals surface area contributed by atoms with Gasteiger partial charge >= 0.3 is 5.97 Å². The van der Waals surface area contributed by atoms with Gasteiger partial charge in [-0.25, -0.2) is 4.79 Å². The fraction of sp³-hybridized carbons (Fsp3) is 0.286. The third-order valence-electron chi connectivity index (χ3n) is 3.96. The molecule has 0 spiro atoms. The Balaban J connectivity index is 1.96. The topological polar surface area (TPSA) is 75.7 Å². The van der Waals surface area contributed by atoms with Gasteiger partial charge in [0.2, 0.25) is 5.91 Å². The van der Waals surface area contributed by atoms with Gasteiger partial charge in [0.25, 0.3) is 5.91 Å². The first-order chi connectivity index (χ1) is 13.4. The zero-order chi connectivity index (χ0) is 20.5. The molecule has 28 heavy (non-hydrogen) atoms. The minimum absolute atomic E-state index is 0.0536. The predicted molar refractivity (Wildman–Crippen MR) is 111 cm³/mol. The Kier molecular flexibility index (Phi) is 8.07. The lowest BCUT2D eigenvalue weighted by molar-refractivity contribution is -0.125. The SMILES string of the molecule is CCc1ccccc1NC(=O)COC(=O)c1ccccc1SCC(=O)N(C)C. The van der Waals surface area contributed by atoms with Gasteiger partial charge in [-0.3, -0.25) is 9.59 Å². The number of hydrogen-bond donors (Lipinski definition) is 1. The number of esters is 1. The summed E-state index contributed by atoms with van der Waals surface area (Å²) in [6.07, 6.45) is 0.784. The molecule has 2 aromatic carbocycles. The van der Waals surface area contributed by atoms with Gasteiger partial charge < -0.3 is 15.0 Å². The molecule has 0 saturated heterocycles. The average Bonchev–Trinajstić information content (AvgIpc) is 2.70. The average molecular weight is 401 g/mol. The van der Waals surface area contributed by atoms with E-state index >= 15 is 0 Å². The number of amides is 2. The number of benzene rings is 2. The molecule has 0 aliphatic heterocycles. The van der Waals surface area contributed by atoms with Gasteiger partial charge in [-0.2, -0.15) is 0 Å². The lowest BCUT2D eigenvalue weighted by atomic mass is 10.1. The molecule has 0 aromatic heterocycles. The third kappa shape index (κ3) is 6.13. The Hall–Kier alpha value is -2.80. The summed E-state index contributed by atoms with van der Waals surface area (Å²) in [5.74, 6) is -0.838. The summed E-state index contributed by atoms with van der Waals surface area (Å²) in [4.78, 5) is 38.5. The summed E-state index contributed by atoms with van der Waals surface area (Å²) in [5.41, 5.74) is 2.06. The maximum atomic E-state index is 12.4. The molecule has 0 atom stereocenters. The summed E-state index contributed by atoms with van der Waals surface area (Å²) >= 11 is 1.26. The standard InChI is InChI=1S/C21H24N2O4S/c1-4-15-9-5-7-11-17(15)22-19(24)13-27-21(26)16-10-6-8-12-18(16)28-14-20(25)23(2)3/h5-12H,4,13-14H2,1-3H3,(H,22,24). The Labute approximate surface area is 169 Å². The summed E-state index contributed by atoms with van der Waals surface area (Å²) in [6.45, 7) is 1.62. The van der Waals surface area contributed by atoms with Crippen LogP contribution in [0.25, 0.3) is 0 Å². The van der Waals surface area contributed by atoms with Crippen molar-refractivity contribution in [3.8, 4) is 0 Å². The van der Waals surface area contributed by atoms with Gasteiger partial charge in [0, 0.05) is 24.7 Å². The molecule has 148 valence electrons. The van der Waals surface area contributed by atoms with E-state index in [0.29, 0.717) is 16.1 Å². The minimum Gasteiger partial charge on any atom is -0.452 e. The predicted octanol–water partition coefficient (Wildman–Crippen LogP) is 3.22. The number of rotatable bonds is 8. The van der Waals surface area contributed by atoms with E-state index in [1.54, 1.807) is 38.4 Å². The Morgan fingerprint density at radius 3 is 2.43 bits per heavy atom. The van der Waals surface area contributed by atoms with Crippen molar-refractivity contribution in [1.29, 1.82) is 0 Å². The van der Waals surface area contributed by atoms with Crippen LogP contribution in [-0.2, 0) is 20.7 Å². The Morgan fingerprint density at radius 1 is 1.04 bits per heavy atom. The smallest absolute Gasteiger partial charge is 0.339 e. The van der Waals surface area contributed by atoms with Crippen molar-refractivity contribution in [2.24, 2.45) is 0 Å². The number of aryl methyl sites for hydroxylation is 1. The second-order valence-corrected chi connectivity index (χ2v) is 7.23. The molecule has 0 heterocycles. The highest BCUT2D eigenvalue weighted by Crippen LogP contribution is 2.23. The molecule has 0 fully saturated rings. The number of hydrogen-bond acceptors (Lipinski definition) is 5. The van der Waals surface area contributed by atoms with Gasteiger partial charge in [-0.1, -0.05) is 37.3 Å². The number of ether oxygens (including phenoxy) is 1. The van der Waals surface area contributed by atoms with E-state index in [-0.39, 0.29) is 18.3 Å². The van der Waals surface area contributed by atoms with Gasteiger partial charge in [0.15, 0.2) is 6.61 Å². The van der Waals surface area contributed by atoms with Crippen LogP contribution >= 0.6 is 11.8 Å². The molecule has 2 aromatic rings. The summed E-state index contributed by atoms with van der Waals surface area (Å²) in [5, 5.41) is 2.76. The quantitative estimate of drug-likeness (QED) is 0.544. The van der Waals surface area contributed by atoms with E-state index in [1.165, 1.54) is 16.7 Å². The first-order valence-corrected chi connectivity index (χ1v) is 9.87. The highest BCUT2D eigenvalue weighted by molar-refractivity contribution is 8.00. The number of thioether (sulfide) groups is 1. The monoisotopic (exact) mass is 400 g/mol. The molecule has 1 N–H and O–H groups in total. The maximum Gasteiger partial charge on any atom is 0.339 e. The Bertz CT molecular complexity index is 852. The van der Waals surface area contributed by atoms with Crippen LogP contribution < -0.4 is 5.32 Å². The van der Waals surface area contributed by atoms with Crippen molar-refractivity contribution in [3.63, 3.8) is 0 Å². The van der Waals surface area contributed by atoms with Crippen molar-refractivity contribution in [2.75, 3.05) is 31.8 Å². The fourth-order valence-corrected chi connectivity index (χ4v) is 3.39. The van der Waals surface area contributed by atoms with Crippen LogP contribution in [0, 0.1) is 0 Å². The molecule has 0 saturated carbocycles. The van der Waals surface area contributed by atoms with Crippen LogP contribution in [0.3, 0.4) is 0 Å². The lowest BCUT2D eigenvalue weighted by Crippen LogP contribution is -2.23. The third-order valence-corrected chi connectivity index (χ3v) is 5.02. The van der Waals surface area contributed by atoms with E-state index < -0.39 is 11.9 Å². The molecule has 0 bridgehead atoms. The van der Waals surface area contributed by atoms with Gasteiger partial charge in [0.1, 0.15) is 0 Å². The van der Waals surface area contributed by atoms with Crippen LogP contribution in [0.1, 0.15) is 22.8 Å². The molecule has 2 rings (SSSR count). The number of carbonyl (C=O) groups excluding carboxylic acids is 3. The molecular formula is C21H24N2O4S. The molecule has 0 aliphatic carbocycles. The van der Waals surface area contributed by atoms with Crippen molar-refractivity contribution >= 4 is 35.2 Å². The summed E-state index contributed by atoms with van der Waals surface area (Å²) in [6, 6.07) is 14.4. The van der Waals surface area contributed by atoms with E-state index in [1.807, 2.05) is 31.2 Å². The molecule has 6 nitrogen and oxygen atoms in total.